The summed E-state index contributed by atoms with van der Waals surface area (Å²) in [5.41, 5.74) is 1.76. The lowest BCUT2D eigenvalue weighted by Gasteiger charge is -2.11. The molecule has 7 heteroatoms. The zero-order valence-corrected chi connectivity index (χ0v) is 11.3. The number of aryl methyl sites for hydroxylation is 1. The number of hydrogen-bond acceptors (Lipinski definition) is 5. The van der Waals surface area contributed by atoms with E-state index in [0.29, 0.717) is 6.42 Å². The first-order valence-electron chi connectivity index (χ1n) is 6.54. The predicted octanol–water partition coefficient (Wildman–Crippen LogP) is 0.470. The number of aromatic nitrogens is 1. The van der Waals surface area contributed by atoms with Crippen molar-refractivity contribution < 1.29 is 17.7 Å². The number of fused-ring (bicyclic) bond motifs is 1. The molecule has 19 heavy (non-hydrogen) atoms. The van der Waals surface area contributed by atoms with Crippen LogP contribution in [-0.2, 0) is 22.7 Å². The van der Waals surface area contributed by atoms with Gasteiger partial charge in [0.05, 0.1) is 17.2 Å². The van der Waals surface area contributed by atoms with Crippen molar-refractivity contribution in [3.8, 4) is 0 Å². The molecule has 1 aromatic heterocycles. The fraction of sp³-hybridized carbons (Fsp3) is 0.667. The Labute approximate surface area is 111 Å². The molecule has 1 amide bonds. The highest BCUT2D eigenvalue weighted by molar-refractivity contribution is 7.91. The van der Waals surface area contributed by atoms with Gasteiger partial charge in [-0.1, -0.05) is 5.16 Å². The van der Waals surface area contributed by atoms with Crippen LogP contribution in [0.2, 0.25) is 0 Å². The summed E-state index contributed by atoms with van der Waals surface area (Å²) in [7, 11) is -2.99. The molecular weight excluding hydrogens is 268 g/mol. The third-order valence-electron chi connectivity index (χ3n) is 3.73. The summed E-state index contributed by atoms with van der Waals surface area (Å²) in [5, 5.41) is 6.66. The molecule has 1 aromatic rings. The van der Waals surface area contributed by atoms with E-state index >= 15 is 0 Å². The molecule has 6 nitrogen and oxygen atoms in total. The monoisotopic (exact) mass is 284 g/mol. The highest BCUT2D eigenvalue weighted by Crippen LogP contribution is 2.24. The summed E-state index contributed by atoms with van der Waals surface area (Å²) in [6.45, 7) is 0. The third-order valence-corrected chi connectivity index (χ3v) is 5.50. The summed E-state index contributed by atoms with van der Waals surface area (Å²) in [5.74, 6) is 0.0957. The second kappa shape index (κ2) is 4.63. The van der Waals surface area contributed by atoms with Crippen LogP contribution < -0.4 is 5.32 Å². The molecule has 1 fully saturated rings. The van der Waals surface area contributed by atoms with E-state index in [9.17, 15) is 13.2 Å². The van der Waals surface area contributed by atoms with E-state index in [4.69, 9.17) is 4.52 Å². The van der Waals surface area contributed by atoms with Crippen LogP contribution in [0.3, 0.4) is 0 Å². The van der Waals surface area contributed by atoms with Gasteiger partial charge in [-0.3, -0.25) is 4.79 Å². The van der Waals surface area contributed by atoms with E-state index in [-0.39, 0.29) is 29.2 Å². The van der Waals surface area contributed by atoms with Gasteiger partial charge in [0.1, 0.15) is 0 Å². The van der Waals surface area contributed by atoms with Gasteiger partial charge in [-0.05, 0) is 32.1 Å². The molecule has 2 aliphatic rings. The second-order valence-corrected chi connectivity index (χ2v) is 7.45. The Balaban J connectivity index is 1.73. The van der Waals surface area contributed by atoms with E-state index in [0.717, 1.165) is 36.9 Å². The number of nitrogens with one attached hydrogen (secondary N) is 1. The first-order chi connectivity index (χ1) is 9.05. The lowest BCUT2D eigenvalue weighted by atomic mass is 9.96. The molecule has 3 rings (SSSR count). The molecule has 0 radical (unpaired) electrons. The Morgan fingerprint density at radius 2 is 2.11 bits per heavy atom. The van der Waals surface area contributed by atoms with Crippen molar-refractivity contribution in [1.29, 1.82) is 0 Å². The van der Waals surface area contributed by atoms with Crippen molar-refractivity contribution in [2.24, 2.45) is 0 Å². The van der Waals surface area contributed by atoms with Gasteiger partial charge in [0.25, 0.3) is 5.91 Å². The van der Waals surface area contributed by atoms with Crippen LogP contribution in [0.1, 0.15) is 41.1 Å². The molecule has 2 heterocycles. The van der Waals surface area contributed by atoms with Gasteiger partial charge in [0, 0.05) is 11.6 Å². The van der Waals surface area contributed by atoms with Gasteiger partial charge < -0.3 is 9.84 Å². The van der Waals surface area contributed by atoms with E-state index in [2.05, 4.69) is 10.5 Å². The summed E-state index contributed by atoms with van der Waals surface area (Å²) in [4.78, 5) is 12.1. The van der Waals surface area contributed by atoms with Crippen molar-refractivity contribution in [3.05, 3.63) is 17.0 Å². The molecule has 1 aliphatic heterocycles. The topological polar surface area (TPSA) is 89.3 Å². The maximum atomic E-state index is 12.1. The molecular formula is C12H16N2O4S. The number of sulfone groups is 1. The summed E-state index contributed by atoms with van der Waals surface area (Å²) < 4.78 is 27.8. The second-order valence-electron chi connectivity index (χ2n) is 5.22. The standard InChI is InChI=1S/C12H16N2O4S/c15-12(13-8-5-6-19(16,17)7-8)11-9-3-1-2-4-10(9)14-18-11/h8H,1-7H2,(H,13,15)/t8-/m1/s1. The van der Waals surface area contributed by atoms with Gasteiger partial charge in [-0.25, -0.2) is 8.42 Å². The quantitative estimate of drug-likeness (QED) is 0.852. The first-order valence-corrected chi connectivity index (χ1v) is 8.36. The van der Waals surface area contributed by atoms with Crippen LogP contribution in [0, 0.1) is 0 Å². The van der Waals surface area contributed by atoms with Gasteiger partial charge in [0.15, 0.2) is 9.84 Å². The smallest absolute Gasteiger partial charge is 0.290 e. The van der Waals surface area contributed by atoms with Crippen LogP contribution in [0.15, 0.2) is 4.52 Å². The predicted molar refractivity (Wildman–Crippen MR) is 67.7 cm³/mol. The van der Waals surface area contributed by atoms with Crippen molar-refractivity contribution in [2.75, 3.05) is 11.5 Å². The summed E-state index contributed by atoms with van der Waals surface area (Å²) >= 11 is 0. The molecule has 1 N–H and O–H groups in total. The third kappa shape index (κ3) is 2.51. The zero-order valence-electron chi connectivity index (χ0n) is 10.5. The van der Waals surface area contributed by atoms with E-state index in [1.807, 2.05) is 0 Å². The number of amides is 1. The Bertz CT molecular complexity index is 605. The molecule has 0 bridgehead atoms. The number of rotatable bonds is 2. The van der Waals surface area contributed by atoms with Crippen molar-refractivity contribution in [1.82, 2.24) is 10.5 Å². The number of carbonyl (C=O) groups is 1. The van der Waals surface area contributed by atoms with Crippen molar-refractivity contribution >= 4 is 15.7 Å². The summed E-state index contributed by atoms with van der Waals surface area (Å²) in [6.07, 6.45) is 4.24. The highest BCUT2D eigenvalue weighted by atomic mass is 32.2. The fourth-order valence-electron chi connectivity index (χ4n) is 2.73. The van der Waals surface area contributed by atoms with Crippen LogP contribution >= 0.6 is 0 Å². The summed E-state index contributed by atoms with van der Waals surface area (Å²) in [6, 6.07) is -0.304. The molecule has 0 unspecified atom stereocenters. The molecule has 1 saturated heterocycles. The number of hydrogen-bond donors (Lipinski definition) is 1. The molecule has 104 valence electrons. The fourth-order valence-corrected chi connectivity index (χ4v) is 4.40. The molecule has 0 aromatic carbocycles. The van der Waals surface area contributed by atoms with Crippen LogP contribution in [-0.4, -0.2) is 37.0 Å². The normalized spacial score (nSPS) is 24.9. The Kier molecular flexibility index (Phi) is 3.08. The molecule has 0 saturated carbocycles. The Morgan fingerprint density at radius 3 is 2.84 bits per heavy atom. The van der Waals surface area contributed by atoms with E-state index in [1.165, 1.54) is 0 Å². The van der Waals surface area contributed by atoms with Crippen molar-refractivity contribution in [2.45, 2.75) is 38.1 Å². The molecule has 0 spiro atoms. The van der Waals surface area contributed by atoms with E-state index < -0.39 is 9.84 Å². The lowest BCUT2D eigenvalue weighted by Crippen LogP contribution is -2.35. The van der Waals surface area contributed by atoms with Gasteiger partial charge >= 0.3 is 0 Å². The Morgan fingerprint density at radius 1 is 1.32 bits per heavy atom. The average Bonchev–Trinajstić information content (AvgIpc) is 2.92. The minimum atomic E-state index is -2.99. The van der Waals surface area contributed by atoms with E-state index in [1.54, 1.807) is 0 Å². The van der Waals surface area contributed by atoms with Crippen LogP contribution in [0.25, 0.3) is 0 Å². The van der Waals surface area contributed by atoms with Crippen LogP contribution in [0.5, 0.6) is 0 Å². The highest BCUT2D eigenvalue weighted by Gasteiger charge is 2.31. The van der Waals surface area contributed by atoms with Crippen LogP contribution in [0.4, 0.5) is 0 Å². The van der Waals surface area contributed by atoms with Gasteiger partial charge in [0.2, 0.25) is 5.76 Å². The first kappa shape index (κ1) is 12.7. The SMILES string of the molecule is O=C(N[C@@H]1CCS(=O)(=O)C1)c1onc2c1CCCC2. The largest absolute Gasteiger partial charge is 0.350 e. The minimum absolute atomic E-state index is 0.0229. The van der Waals surface area contributed by atoms with Crippen molar-refractivity contribution in [3.63, 3.8) is 0 Å². The Hall–Kier alpha value is -1.37. The zero-order chi connectivity index (χ0) is 13.5. The lowest BCUT2D eigenvalue weighted by molar-refractivity contribution is 0.0902. The van der Waals surface area contributed by atoms with Gasteiger partial charge in [-0.2, -0.15) is 0 Å². The molecule has 1 aliphatic carbocycles. The van der Waals surface area contributed by atoms with Gasteiger partial charge in [-0.15, -0.1) is 0 Å². The maximum Gasteiger partial charge on any atom is 0.290 e. The molecule has 1 atom stereocenters. The average molecular weight is 284 g/mol. The number of nitrogens with zero attached hydrogens (tertiary/aromatic N) is 1. The minimum Gasteiger partial charge on any atom is -0.350 e. The maximum absolute atomic E-state index is 12.1. The number of carbonyl (C=O) groups excluding carboxylic acids is 1.